The summed E-state index contributed by atoms with van der Waals surface area (Å²) >= 11 is 0. The summed E-state index contributed by atoms with van der Waals surface area (Å²) in [6.07, 6.45) is 5.48. The van der Waals surface area contributed by atoms with E-state index >= 15 is 0 Å². The number of benzene rings is 1. The summed E-state index contributed by atoms with van der Waals surface area (Å²) in [5.74, 6) is -0.277. The Morgan fingerprint density at radius 3 is 2.64 bits per heavy atom. The number of nitrogens with zero attached hydrogens (tertiary/aromatic N) is 2. The lowest BCUT2D eigenvalue weighted by molar-refractivity contribution is 0.104. The number of aliphatic hydroxyl groups is 1. The van der Waals surface area contributed by atoms with Gasteiger partial charge >= 0.3 is 0 Å². The Balaban J connectivity index is 1.68. The Morgan fingerprint density at radius 1 is 1.27 bits per heavy atom. The van der Waals surface area contributed by atoms with Gasteiger partial charge in [0.2, 0.25) is 0 Å². The fourth-order valence-electron chi connectivity index (χ4n) is 2.73. The van der Waals surface area contributed by atoms with E-state index in [1.165, 1.54) is 30.5 Å². The first-order valence-electron chi connectivity index (χ1n) is 7.70. The molecule has 1 atom stereocenters. The minimum atomic E-state index is -0.598. The molecule has 1 fully saturated rings. The Bertz CT molecular complexity index is 625. The number of aliphatic hydroxyl groups excluding tert-OH is 1. The van der Waals surface area contributed by atoms with E-state index in [2.05, 4.69) is 16.0 Å². The highest BCUT2D eigenvalue weighted by Crippen LogP contribution is 2.30. The van der Waals surface area contributed by atoms with Crippen LogP contribution in [0.15, 0.2) is 42.7 Å². The first-order chi connectivity index (χ1) is 10.6. The summed E-state index contributed by atoms with van der Waals surface area (Å²) in [6, 6.07) is 8.76. The molecule has 0 bridgehead atoms. The molecule has 0 unspecified atom stereocenters. The molecule has 3 rings (SSSR count). The molecule has 0 aliphatic heterocycles. The molecule has 2 aromatic rings. The molecule has 0 saturated heterocycles. The van der Waals surface area contributed by atoms with Crippen LogP contribution in [0.5, 0.6) is 0 Å². The maximum Gasteiger partial charge on any atom is 0.123 e. The van der Waals surface area contributed by atoms with Gasteiger partial charge in [0, 0.05) is 31.5 Å². The van der Waals surface area contributed by atoms with Gasteiger partial charge in [0.05, 0.1) is 6.10 Å². The van der Waals surface area contributed by atoms with Crippen LogP contribution in [0.3, 0.4) is 0 Å². The van der Waals surface area contributed by atoms with Gasteiger partial charge in [-0.25, -0.2) is 4.39 Å². The molecule has 1 aromatic carbocycles. The Labute approximate surface area is 130 Å². The lowest BCUT2D eigenvalue weighted by Crippen LogP contribution is -2.30. The quantitative estimate of drug-likeness (QED) is 0.890. The van der Waals surface area contributed by atoms with Gasteiger partial charge < -0.3 is 5.11 Å². The Kier molecular flexibility index (Phi) is 4.50. The molecule has 22 heavy (non-hydrogen) atoms. The van der Waals surface area contributed by atoms with Crippen LogP contribution in [0.1, 0.15) is 35.6 Å². The van der Waals surface area contributed by atoms with Crippen LogP contribution in [-0.2, 0) is 6.54 Å². The van der Waals surface area contributed by atoms with Crippen molar-refractivity contribution < 1.29 is 9.50 Å². The third-order valence-corrected chi connectivity index (χ3v) is 4.04. The lowest BCUT2D eigenvalue weighted by Gasteiger charge is -2.25. The fourth-order valence-corrected chi connectivity index (χ4v) is 2.73. The van der Waals surface area contributed by atoms with Gasteiger partial charge in [-0.3, -0.25) is 9.88 Å². The number of pyridine rings is 1. The number of rotatable bonds is 6. The Morgan fingerprint density at radius 2 is 2.00 bits per heavy atom. The van der Waals surface area contributed by atoms with Gasteiger partial charge in [-0.05, 0) is 48.6 Å². The predicted molar refractivity (Wildman–Crippen MR) is 83.8 cm³/mol. The molecule has 0 radical (unpaired) electrons. The summed E-state index contributed by atoms with van der Waals surface area (Å²) < 4.78 is 13.0. The molecule has 3 nitrogen and oxygen atoms in total. The standard InChI is InChI=1S/C18H21FN2O/c1-13-8-14(10-20-9-13)11-21(17-6-7-17)12-18(22)15-2-4-16(19)5-3-15/h2-5,8-10,17-18,22H,6-7,11-12H2,1H3/t18-/m1/s1. The van der Waals surface area contributed by atoms with Gasteiger partial charge in [-0.15, -0.1) is 0 Å². The monoisotopic (exact) mass is 300 g/mol. The molecule has 1 saturated carbocycles. The maximum atomic E-state index is 13.0. The van der Waals surface area contributed by atoms with Gasteiger partial charge in [0.1, 0.15) is 5.82 Å². The van der Waals surface area contributed by atoms with Crippen molar-refractivity contribution in [3.8, 4) is 0 Å². The average Bonchev–Trinajstić information content (AvgIpc) is 3.32. The predicted octanol–water partition coefficient (Wildman–Crippen LogP) is 3.23. The molecule has 0 amide bonds. The van der Waals surface area contributed by atoms with E-state index < -0.39 is 6.10 Å². The maximum absolute atomic E-state index is 13.0. The Hall–Kier alpha value is -1.78. The average molecular weight is 300 g/mol. The first-order valence-corrected chi connectivity index (χ1v) is 7.70. The molecular formula is C18H21FN2O. The van der Waals surface area contributed by atoms with Crippen LogP contribution in [0, 0.1) is 12.7 Å². The van der Waals surface area contributed by atoms with Crippen LogP contribution in [0.25, 0.3) is 0 Å². The molecule has 0 spiro atoms. The number of hydrogen-bond donors (Lipinski definition) is 1. The molecule has 1 heterocycles. The zero-order chi connectivity index (χ0) is 15.5. The number of hydrogen-bond acceptors (Lipinski definition) is 3. The van der Waals surface area contributed by atoms with Crippen LogP contribution < -0.4 is 0 Å². The minimum absolute atomic E-state index is 0.277. The second kappa shape index (κ2) is 6.55. The highest BCUT2D eigenvalue weighted by Gasteiger charge is 2.30. The third kappa shape index (κ3) is 3.90. The molecule has 1 aromatic heterocycles. The van der Waals surface area contributed by atoms with Crippen LogP contribution in [0.2, 0.25) is 0 Å². The van der Waals surface area contributed by atoms with E-state index in [4.69, 9.17) is 0 Å². The summed E-state index contributed by atoms with van der Waals surface area (Å²) in [5.41, 5.74) is 3.07. The van der Waals surface area contributed by atoms with Crippen molar-refractivity contribution in [1.82, 2.24) is 9.88 Å². The second-order valence-electron chi connectivity index (χ2n) is 6.10. The van der Waals surface area contributed by atoms with Crippen molar-refractivity contribution in [2.45, 2.75) is 38.5 Å². The van der Waals surface area contributed by atoms with E-state index in [0.29, 0.717) is 12.6 Å². The smallest absolute Gasteiger partial charge is 0.123 e. The molecule has 4 heteroatoms. The van der Waals surface area contributed by atoms with E-state index in [1.807, 2.05) is 19.3 Å². The zero-order valence-corrected chi connectivity index (χ0v) is 12.7. The molecule has 1 aliphatic rings. The third-order valence-electron chi connectivity index (χ3n) is 4.04. The first kappa shape index (κ1) is 15.1. The molecule has 1 aliphatic carbocycles. The van der Waals surface area contributed by atoms with E-state index in [1.54, 1.807) is 12.1 Å². The lowest BCUT2D eigenvalue weighted by atomic mass is 10.1. The summed E-state index contributed by atoms with van der Waals surface area (Å²) in [7, 11) is 0. The topological polar surface area (TPSA) is 36.4 Å². The number of aromatic nitrogens is 1. The van der Waals surface area contributed by atoms with Crippen molar-refractivity contribution in [2.24, 2.45) is 0 Å². The van der Waals surface area contributed by atoms with Crippen molar-refractivity contribution in [3.63, 3.8) is 0 Å². The van der Waals surface area contributed by atoms with Gasteiger partial charge in [0.25, 0.3) is 0 Å². The largest absolute Gasteiger partial charge is 0.387 e. The normalized spacial score (nSPS) is 16.0. The van der Waals surface area contributed by atoms with Gasteiger partial charge in [-0.2, -0.15) is 0 Å². The van der Waals surface area contributed by atoms with Crippen molar-refractivity contribution >= 4 is 0 Å². The van der Waals surface area contributed by atoms with Crippen molar-refractivity contribution in [2.75, 3.05) is 6.54 Å². The van der Waals surface area contributed by atoms with E-state index in [9.17, 15) is 9.50 Å². The summed E-state index contributed by atoms with van der Waals surface area (Å²) in [4.78, 5) is 6.53. The van der Waals surface area contributed by atoms with Crippen LogP contribution in [-0.4, -0.2) is 27.6 Å². The minimum Gasteiger partial charge on any atom is -0.387 e. The molecular weight excluding hydrogens is 279 g/mol. The number of aryl methyl sites for hydroxylation is 1. The molecule has 1 N–H and O–H groups in total. The van der Waals surface area contributed by atoms with Gasteiger partial charge in [-0.1, -0.05) is 18.2 Å². The number of halogens is 1. The van der Waals surface area contributed by atoms with Crippen molar-refractivity contribution in [1.29, 1.82) is 0 Å². The second-order valence-corrected chi connectivity index (χ2v) is 6.10. The van der Waals surface area contributed by atoms with E-state index in [0.717, 1.165) is 17.7 Å². The van der Waals surface area contributed by atoms with Crippen LogP contribution in [0.4, 0.5) is 4.39 Å². The SMILES string of the molecule is Cc1cncc(CN(C[C@@H](O)c2ccc(F)cc2)C2CC2)c1. The van der Waals surface area contributed by atoms with Crippen LogP contribution >= 0.6 is 0 Å². The zero-order valence-electron chi connectivity index (χ0n) is 12.7. The van der Waals surface area contributed by atoms with E-state index in [-0.39, 0.29) is 5.82 Å². The highest BCUT2D eigenvalue weighted by atomic mass is 19.1. The summed E-state index contributed by atoms with van der Waals surface area (Å²) in [5, 5.41) is 10.4. The summed E-state index contributed by atoms with van der Waals surface area (Å²) in [6.45, 7) is 3.38. The van der Waals surface area contributed by atoms with Crippen molar-refractivity contribution in [3.05, 3.63) is 65.2 Å². The molecule has 116 valence electrons. The van der Waals surface area contributed by atoms with Gasteiger partial charge in [0.15, 0.2) is 0 Å². The highest BCUT2D eigenvalue weighted by molar-refractivity contribution is 5.20. The fraction of sp³-hybridized carbons (Fsp3) is 0.389.